The number of carbonyl (C=O) groups is 2. The minimum absolute atomic E-state index is 0.0140. The highest BCUT2D eigenvalue weighted by Gasteiger charge is 2.28. The number of piperidine rings is 1. The van der Waals surface area contributed by atoms with Crippen molar-refractivity contribution in [3.8, 4) is 0 Å². The molecule has 1 aromatic carbocycles. The van der Waals surface area contributed by atoms with Crippen LogP contribution in [0.2, 0.25) is 0 Å². The van der Waals surface area contributed by atoms with Crippen LogP contribution in [-0.2, 0) is 28.9 Å². The molecule has 1 N–H and O–H groups in total. The molecule has 5 rings (SSSR count). The second-order valence-corrected chi connectivity index (χ2v) is 8.77. The molecule has 0 saturated carbocycles. The van der Waals surface area contributed by atoms with Gasteiger partial charge in [0.15, 0.2) is 0 Å². The number of pyridine rings is 1. The van der Waals surface area contributed by atoms with E-state index in [1.807, 2.05) is 24.0 Å². The number of benzene rings is 1. The van der Waals surface area contributed by atoms with Crippen LogP contribution in [0.25, 0.3) is 11.0 Å². The Balaban J connectivity index is 1.19. The number of aryl methyl sites for hydroxylation is 3. The van der Waals surface area contributed by atoms with E-state index >= 15 is 0 Å². The Morgan fingerprint density at radius 2 is 1.94 bits per heavy atom. The molecule has 3 heterocycles. The highest BCUT2D eigenvalue weighted by atomic mass is 16.3. The van der Waals surface area contributed by atoms with Crippen molar-refractivity contribution in [2.45, 2.75) is 45.4 Å². The van der Waals surface area contributed by atoms with Gasteiger partial charge in [0.1, 0.15) is 11.4 Å². The molecule has 0 bridgehead atoms. The number of furan rings is 1. The Bertz CT molecular complexity index is 1140. The van der Waals surface area contributed by atoms with E-state index in [0.717, 1.165) is 34.9 Å². The number of fused-ring (bicyclic) bond motifs is 2. The van der Waals surface area contributed by atoms with Crippen molar-refractivity contribution < 1.29 is 14.0 Å². The molecule has 0 radical (unpaired) electrons. The molecule has 1 aliphatic carbocycles. The molecule has 1 saturated heterocycles. The molecule has 0 spiro atoms. The summed E-state index contributed by atoms with van der Waals surface area (Å²) in [4.78, 5) is 31.6. The molecular formula is C25H27N3O3. The number of rotatable bonds is 4. The van der Waals surface area contributed by atoms with Crippen LogP contribution in [0, 0.1) is 12.8 Å². The third-order valence-electron chi connectivity index (χ3n) is 6.59. The standard InChI is InChI=1S/C25H27N3O3/c1-16-5-8-26-23(11-16)27-25(30)17-6-9-28(10-7-17)24(29)14-20-15-31-22-13-19-4-2-3-18(19)12-21(20)22/h5,8,11-13,15,17H,2-4,6-7,9-10,14H2,1H3,(H,26,27,30). The smallest absolute Gasteiger partial charge is 0.228 e. The lowest BCUT2D eigenvalue weighted by molar-refractivity contribution is -0.133. The fourth-order valence-electron chi connectivity index (χ4n) is 4.78. The van der Waals surface area contributed by atoms with Crippen LogP contribution in [0.1, 0.15) is 41.5 Å². The number of nitrogens with zero attached hydrogens (tertiary/aromatic N) is 2. The molecular weight excluding hydrogens is 390 g/mol. The Labute approximate surface area is 181 Å². The molecule has 31 heavy (non-hydrogen) atoms. The predicted octanol–water partition coefficient (Wildman–Crippen LogP) is 4.04. The number of hydrogen-bond donors (Lipinski definition) is 1. The Kier molecular flexibility index (Phi) is 5.22. The molecule has 1 fully saturated rings. The van der Waals surface area contributed by atoms with Gasteiger partial charge in [0.25, 0.3) is 0 Å². The lowest BCUT2D eigenvalue weighted by Crippen LogP contribution is -2.42. The van der Waals surface area contributed by atoms with Gasteiger partial charge in [-0.3, -0.25) is 9.59 Å². The third-order valence-corrected chi connectivity index (χ3v) is 6.59. The summed E-state index contributed by atoms with van der Waals surface area (Å²) in [6.45, 7) is 3.17. The van der Waals surface area contributed by atoms with Crippen molar-refractivity contribution in [2.24, 2.45) is 5.92 Å². The normalized spacial score (nSPS) is 16.5. The summed E-state index contributed by atoms with van der Waals surface area (Å²) < 4.78 is 5.75. The second kappa shape index (κ2) is 8.17. The van der Waals surface area contributed by atoms with Crippen LogP contribution in [0.15, 0.2) is 41.1 Å². The summed E-state index contributed by atoms with van der Waals surface area (Å²) in [6, 6.07) is 8.11. The monoisotopic (exact) mass is 417 g/mol. The number of nitrogens with one attached hydrogen (secondary N) is 1. The van der Waals surface area contributed by atoms with Crippen molar-refractivity contribution in [3.05, 3.63) is 59.0 Å². The van der Waals surface area contributed by atoms with Gasteiger partial charge in [-0.1, -0.05) is 0 Å². The first kappa shape index (κ1) is 19.8. The van der Waals surface area contributed by atoms with Crippen molar-refractivity contribution in [2.75, 3.05) is 18.4 Å². The van der Waals surface area contributed by atoms with Gasteiger partial charge in [-0.05, 0) is 80.0 Å². The highest BCUT2D eigenvalue weighted by molar-refractivity contribution is 5.92. The van der Waals surface area contributed by atoms with E-state index in [0.29, 0.717) is 38.2 Å². The summed E-state index contributed by atoms with van der Waals surface area (Å²) in [7, 11) is 0. The van der Waals surface area contributed by atoms with Gasteiger partial charge in [0.05, 0.1) is 12.7 Å². The molecule has 3 aromatic rings. The van der Waals surface area contributed by atoms with Crippen molar-refractivity contribution >= 4 is 28.6 Å². The SMILES string of the molecule is Cc1ccnc(NC(=O)C2CCN(C(=O)Cc3coc4cc5c(cc34)CCC5)CC2)c1. The van der Waals surface area contributed by atoms with Crippen LogP contribution in [-0.4, -0.2) is 34.8 Å². The first-order valence-electron chi connectivity index (χ1n) is 11.1. The topological polar surface area (TPSA) is 75.4 Å². The van der Waals surface area contributed by atoms with E-state index in [1.54, 1.807) is 12.5 Å². The van der Waals surface area contributed by atoms with Crippen molar-refractivity contribution in [1.82, 2.24) is 9.88 Å². The first-order chi connectivity index (χ1) is 15.1. The summed E-state index contributed by atoms with van der Waals surface area (Å²) in [6.07, 6.45) is 8.52. The molecule has 2 aliphatic rings. The van der Waals surface area contributed by atoms with Crippen molar-refractivity contribution in [1.29, 1.82) is 0 Å². The zero-order valence-electron chi connectivity index (χ0n) is 17.8. The summed E-state index contributed by atoms with van der Waals surface area (Å²) in [5.41, 5.74) is 5.66. The molecule has 2 amide bonds. The van der Waals surface area contributed by atoms with Crippen LogP contribution in [0.5, 0.6) is 0 Å². The average molecular weight is 418 g/mol. The maximum atomic E-state index is 12.9. The van der Waals surface area contributed by atoms with Crippen LogP contribution < -0.4 is 5.32 Å². The molecule has 1 aliphatic heterocycles. The summed E-state index contributed by atoms with van der Waals surface area (Å²) >= 11 is 0. The van der Waals surface area contributed by atoms with Gasteiger partial charge in [0, 0.05) is 36.2 Å². The van der Waals surface area contributed by atoms with Gasteiger partial charge in [-0.25, -0.2) is 4.98 Å². The third kappa shape index (κ3) is 4.07. The summed E-state index contributed by atoms with van der Waals surface area (Å²) in [5, 5.41) is 3.97. The van der Waals surface area contributed by atoms with Crippen LogP contribution in [0.3, 0.4) is 0 Å². The first-order valence-corrected chi connectivity index (χ1v) is 11.1. The lowest BCUT2D eigenvalue weighted by atomic mass is 9.95. The van der Waals surface area contributed by atoms with E-state index in [9.17, 15) is 9.59 Å². The maximum Gasteiger partial charge on any atom is 0.228 e. The fourth-order valence-corrected chi connectivity index (χ4v) is 4.78. The van der Waals surface area contributed by atoms with E-state index < -0.39 is 0 Å². The number of hydrogen-bond acceptors (Lipinski definition) is 4. The van der Waals surface area contributed by atoms with Gasteiger partial charge in [0.2, 0.25) is 11.8 Å². The van der Waals surface area contributed by atoms with Crippen molar-refractivity contribution in [3.63, 3.8) is 0 Å². The molecule has 0 atom stereocenters. The zero-order valence-corrected chi connectivity index (χ0v) is 17.8. The second-order valence-electron chi connectivity index (χ2n) is 8.77. The van der Waals surface area contributed by atoms with Gasteiger partial charge < -0.3 is 14.6 Å². The van der Waals surface area contributed by atoms with E-state index in [4.69, 9.17) is 4.42 Å². The number of amides is 2. The molecule has 2 aromatic heterocycles. The Morgan fingerprint density at radius 3 is 2.71 bits per heavy atom. The maximum absolute atomic E-state index is 12.9. The number of anilines is 1. The number of likely N-dealkylation sites (tertiary alicyclic amines) is 1. The lowest BCUT2D eigenvalue weighted by Gasteiger charge is -2.31. The molecule has 160 valence electrons. The minimum Gasteiger partial charge on any atom is -0.464 e. The van der Waals surface area contributed by atoms with E-state index in [2.05, 4.69) is 22.4 Å². The molecule has 6 nitrogen and oxygen atoms in total. The largest absolute Gasteiger partial charge is 0.464 e. The van der Waals surface area contributed by atoms with Gasteiger partial charge in [-0.15, -0.1) is 0 Å². The van der Waals surface area contributed by atoms with Crippen LogP contribution in [0.4, 0.5) is 5.82 Å². The Morgan fingerprint density at radius 1 is 1.16 bits per heavy atom. The molecule has 6 heteroatoms. The number of carbonyl (C=O) groups excluding carboxylic acids is 2. The summed E-state index contributed by atoms with van der Waals surface area (Å²) in [5.74, 6) is 0.577. The fraction of sp³-hybridized carbons (Fsp3) is 0.400. The minimum atomic E-state index is -0.0938. The van der Waals surface area contributed by atoms with E-state index in [-0.39, 0.29) is 17.7 Å². The van der Waals surface area contributed by atoms with E-state index in [1.165, 1.54) is 17.5 Å². The zero-order chi connectivity index (χ0) is 21.4. The van der Waals surface area contributed by atoms with Crippen LogP contribution >= 0.6 is 0 Å². The van der Waals surface area contributed by atoms with Gasteiger partial charge >= 0.3 is 0 Å². The quantitative estimate of drug-likeness (QED) is 0.695. The predicted molar refractivity (Wildman–Crippen MR) is 119 cm³/mol. The molecule has 0 unspecified atom stereocenters. The van der Waals surface area contributed by atoms with Gasteiger partial charge in [-0.2, -0.15) is 0 Å². The Hall–Kier alpha value is -3.15. The highest BCUT2D eigenvalue weighted by Crippen LogP contribution is 2.31. The number of aromatic nitrogens is 1. The average Bonchev–Trinajstić information content (AvgIpc) is 3.38.